The van der Waals surface area contributed by atoms with Crippen molar-refractivity contribution in [1.82, 2.24) is 0 Å². The second-order valence-electron chi connectivity index (χ2n) is 7.12. The molecule has 0 aromatic heterocycles. The predicted octanol–water partition coefficient (Wildman–Crippen LogP) is 6.20. The van der Waals surface area contributed by atoms with Crippen LogP contribution in [0.5, 0.6) is 0 Å². The summed E-state index contributed by atoms with van der Waals surface area (Å²) in [6.07, 6.45) is 14.7. The van der Waals surface area contributed by atoms with Crippen molar-refractivity contribution in [1.29, 1.82) is 0 Å². The average molecular weight is 355 g/mol. The van der Waals surface area contributed by atoms with Crippen LogP contribution in [0.4, 0.5) is 0 Å². The molecule has 0 rings (SSSR count). The van der Waals surface area contributed by atoms with E-state index in [0.717, 1.165) is 56.9 Å². The van der Waals surface area contributed by atoms with Gasteiger partial charge in [-0.3, -0.25) is 9.59 Å². The van der Waals surface area contributed by atoms with Crippen LogP contribution >= 0.6 is 0 Å². The molecule has 146 valence electrons. The first kappa shape index (κ1) is 23.7. The molecule has 0 radical (unpaired) electrons. The molecule has 0 spiro atoms. The molecule has 0 aromatic carbocycles. The second-order valence-corrected chi connectivity index (χ2v) is 7.12. The molecule has 0 aliphatic heterocycles. The molecule has 0 saturated carbocycles. The minimum Gasteiger partial charge on any atom is -0.481 e. The van der Waals surface area contributed by atoms with Crippen LogP contribution in [-0.2, 0) is 9.59 Å². The number of carbonyl (C=O) groups is 2. The summed E-state index contributed by atoms with van der Waals surface area (Å²) < 4.78 is 0. The van der Waals surface area contributed by atoms with E-state index in [1.54, 1.807) is 0 Å². The lowest BCUT2D eigenvalue weighted by Gasteiger charge is -2.15. The zero-order chi connectivity index (χ0) is 18.9. The van der Waals surface area contributed by atoms with Crippen molar-refractivity contribution in [2.45, 2.75) is 103 Å². The van der Waals surface area contributed by atoms with E-state index < -0.39 is 17.9 Å². The average Bonchev–Trinajstić information content (AvgIpc) is 2.55. The standard InChI is InChI=1S/C21H38O4/c1-3-4-5-6-7-10-13-16-19(21(24)25)18(2)15-12-9-8-11-14-17-20(22)23/h19H,2-17H2,1H3,(H,22,23)(H,24,25). The lowest BCUT2D eigenvalue weighted by Crippen LogP contribution is -2.16. The van der Waals surface area contributed by atoms with Crippen molar-refractivity contribution in [3.63, 3.8) is 0 Å². The maximum Gasteiger partial charge on any atom is 0.310 e. The molecule has 25 heavy (non-hydrogen) atoms. The molecule has 2 N–H and O–H groups in total. The quantitative estimate of drug-likeness (QED) is 0.227. The predicted molar refractivity (Wildman–Crippen MR) is 103 cm³/mol. The van der Waals surface area contributed by atoms with Crippen molar-refractivity contribution in [3.8, 4) is 0 Å². The van der Waals surface area contributed by atoms with Gasteiger partial charge >= 0.3 is 11.9 Å². The van der Waals surface area contributed by atoms with Crippen molar-refractivity contribution in [2.75, 3.05) is 0 Å². The zero-order valence-electron chi connectivity index (χ0n) is 16.1. The van der Waals surface area contributed by atoms with Crippen LogP contribution in [0.3, 0.4) is 0 Å². The Labute approximate surface area is 153 Å². The van der Waals surface area contributed by atoms with Crippen molar-refractivity contribution < 1.29 is 19.8 Å². The molecule has 0 bridgehead atoms. The van der Waals surface area contributed by atoms with Gasteiger partial charge in [0.1, 0.15) is 0 Å². The van der Waals surface area contributed by atoms with Crippen LogP contribution in [0.25, 0.3) is 0 Å². The molecule has 0 aliphatic rings. The Morgan fingerprint density at radius 1 is 0.760 bits per heavy atom. The first-order chi connectivity index (χ1) is 12.0. The second kappa shape index (κ2) is 16.2. The van der Waals surface area contributed by atoms with Gasteiger partial charge < -0.3 is 10.2 Å². The van der Waals surface area contributed by atoms with Gasteiger partial charge in [-0.25, -0.2) is 0 Å². The molecule has 1 unspecified atom stereocenters. The molecular formula is C21H38O4. The van der Waals surface area contributed by atoms with E-state index >= 15 is 0 Å². The first-order valence-electron chi connectivity index (χ1n) is 10.1. The molecule has 4 nitrogen and oxygen atoms in total. The van der Waals surface area contributed by atoms with Gasteiger partial charge in [-0.05, 0) is 25.7 Å². The van der Waals surface area contributed by atoms with Crippen molar-refractivity contribution >= 4 is 11.9 Å². The molecule has 0 saturated heterocycles. The zero-order valence-corrected chi connectivity index (χ0v) is 16.1. The number of hydrogen-bond acceptors (Lipinski definition) is 2. The van der Waals surface area contributed by atoms with Crippen molar-refractivity contribution in [2.24, 2.45) is 5.92 Å². The molecule has 1 atom stereocenters. The Hall–Kier alpha value is -1.32. The lowest BCUT2D eigenvalue weighted by atomic mass is 9.90. The summed E-state index contributed by atoms with van der Waals surface area (Å²) in [4.78, 5) is 21.9. The summed E-state index contributed by atoms with van der Waals surface area (Å²) in [7, 11) is 0. The van der Waals surface area contributed by atoms with Crippen LogP contribution < -0.4 is 0 Å². The maximum absolute atomic E-state index is 11.5. The molecule has 4 heteroatoms. The third kappa shape index (κ3) is 14.7. The van der Waals surface area contributed by atoms with Gasteiger partial charge in [-0.15, -0.1) is 0 Å². The monoisotopic (exact) mass is 354 g/mol. The number of carboxylic acid groups (broad SMARTS) is 2. The van der Waals surface area contributed by atoms with E-state index in [1.807, 2.05) is 0 Å². The highest BCUT2D eigenvalue weighted by Gasteiger charge is 2.19. The maximum atomic E-state index is 11.5. The Balaban J connectivity index is 3.78. The van der Waals surface area contributed by atoms with E-state index in [0.29, 0.717) is 6.42 Å². The Morgan fingerprint density at radius 3 is 1.76 bits per heavy atom. The minimum atomic E-state index is -0.738. The van der Waals surface area contributed by atoms with E-state index in [1.165, 1.54) is 32.1 Å². The third-order valence-electron chi connectivity index (χ3n) is 4.78. The normalized spacial score (nSPS) is 12.0. The third-order valence-corrected chi connectivity index (χ3v) is 4.78. The summed E-state index contributed by atoms with van der Waals surface area (Å²) in [5.41, 5.74) is 0.851. The van der Waals surface area contributed by atoms with Crippen LogP contribution in [0, 0.1) is 5.92 Å². The first-order valence-corrected chi connectivity index (χ1v) is 10.1. The van der Waals surface area contributed by atoms with Gasteiger partial charge in [-0.1, -0.05) is 83.3 Å². The van der Waals surface area contributed by atoms with Crippen LogP contribution in [0.1, 0.15) is 103 Å². The van der Waals surface area contributed by atoms with Crippen molar-refractivity contribution in [3.05, 3.63) is 12.2 Å². The molecule has 0 aromatic rings. The van der Waals surface area contributed by atoms with Gasteiger partial charge in [-0.2, -0.15) is 0 Å². The number of carboxylic acids is 2. The van der Waals surface area contributed by atoms with Gasteiger partial charge in [0.15, 0.2) is 0 Å². The Bertz CT molecular complexity index is 376. The Morgan fingerprint density at radius 2 is 1.24 bits per heavy atom. The van der Waals surface area contributed by atoms with Gasteiger partial charge in [0.05, 0.1) is 5.92 Å². The molecule has 0 fully saturated rings. The highest BCUT2D eigenvalue weighted by molar-refractivity contribution is 5.73. The molecule has 0 amide bonds. The smallest absolute Gasteiger partial charge is 0.310 e. The number of rotatable bonds is 18. The molecular weight excluding hydrogens is 316 g/mol. The van der Waals surface area contributed by atoms with Crippen LogP contribution in [-0.4, -0.2) is 22.2 Å². The van der Waals surface area contributed by atoms with Gasteiger partial charge in [0.25, 0.3) is 0 Å². The highest BCUT2D eigenvalue weighted by atomic mass is 16.4. The fraction of sp³-hybridized carbons (Fsp3) is 0.810. The fourth-order valence-electron chi connectivity index (χ4n) is 3.14. The van der Waals surface area contributed by atoms with Gasteiger partial charge in [0, 0.05) is 6.42 Å². The fourth-order valence-corrected chi connectivity index (χ4v) is 3.14. The van der Waals surface area contributed by atoms with E-state index in [4.69, 9.17) is 5.11 Å². The van der Waals surface area contributed by atoms with E-state index in [2.05, 4.69) is 13.5 Å². The summed E-state index contributed by atoms with van der Waals surface area (Å²) in [6.45, 7) is 6.22. The number of hydrogen-bond donors (Lipinski definition) is 2. The largest absolute Gasteiger partial charge is 0.481 e. The van der Waals surface area contributed by atoms with Crippen LogP contribution in [0.15, 0.2) is 12.2 Å². The number of unbranched alkanes of at least 4 members (excludes halogenated alkanes) is 10. The lowest BCUT2D eigenvalue weighted by molar-refractivity contribution is -0.140. The summed E-state index contributed by atoms with van der Waals surface area (Å²) >= 11 is 0. The SMILES string of the molecule is C=C(CCCCCCCC(=O)O)C(CCCCCCCCC)C(=O)O. The van der Waals surface area contributed by atoms with Crippen LogP contribution in [0.2, 0.25) is 0 Å². The molecule has 0 heterocycles. The van der Waals surface area contributed by atoms with E-state index in [-0.39, 0.29) is 6.42 Å². The minimum absolute atomic E-state index is 0.242. The van der Waals surface area contributed by atoms with E-state index in [9.17, 15) is 14.7 Å². The highest BCUT2D eigenvalue weighted by Crippen LogP contribution is 2.23. The summed E-state index contributed by atoms with van der Waals surface area (Å²) in [6, 6.07) is 0. The topological polar surface area (TPSA) is 74.6 Å². The molecule has 0 aliphatic carbocycles. The number of aliphatic carboxylic acids is 2. The summed E-state index contributed by atoms with van der Waals surface area (Å²) in [5, 5.41) is 18.0. The summed E-state index contributed by atoms with van der Waals surface area (Å²) in [5.74, 6) is -1.87. The van der Waals surface area contributed by atoms with Gasteiger partial charge in [0.2, 0.25) is 0 Å². The Kier molecular flexibility index (Phi) is 15.3.